The van der Waals surface area contributed by atoms with Gasteiger partial charge < -0.3 is 5.32 Å². The predicted molar refractivity (Wildman–Crippen MR) is 86.1 cm³/mol. The fourth-order valence-electron chi connectivity index (χ4n) is 2.65. The Hall–Kier alpha value is -0.610. The minimum absolute atomic E-state index is 0.407. The Bertz CT molecular complexity index is 624. The summed E-state index contributed by atoms with van der Waals surface area (Å²) in [6.45, 7) is 0. The SMILES string of the molecule is CNC1CCCc2sc(Cc3ccc(Cl)cc3Cl)nc21. The van der Waals surface area contributed by atoms with E-state index in [1.165, 1.54) is 23.4 Å². The first-order chi connectivity index (χ1) is 9.67. The van der Waals surface area contributed by atoms with E-state index in [-0.39, 0.29) is 0 Å². The third-order valence-corrected chi connectivity index (χ3v) is 5.42. The number of aryl methyl sites for hydroxylation is 1. The molecule has 5 heteroatoms. The van der Waals surface area contributed by atoms with Crippen molar-refractivity contribution in [2.75, 3.05) is 7.05 Å². The maximum Gasteiger partial charge on any atom is 0.0976 e. The van der Waals surface area contributed by atoms with E-state index in [2.05, 4.69) is 5.32 Å². The lowest BCUT2D eigenvalue weighted by atomic mass is 9.98. The zero-order chi connectivity index (χ0) is 14.1. The van der Waals surface area contributed by atoms with Crippen LogP contribution in [0.15, 0.2) is 18.2 Å². The van der Waals surface area contributed by atoms with E-state index in [9.17, 15) is 0 Å². The summed E-state index contributed by atoms with van der Waals surface area (Å²) in [7, 11) is 2.01. The predicted octanol–water partition coefficient (Wildman–Crippen LogP) is 4.64. The molecule has 20 heavy (non-hydrogen) atoms. The van der Waals surface area contributed by atoms with Crippen LogP contribution in [-0.2, 0) is 12.8 Å². The molecular weight excluding hydrogens is 311 g/mol. The van der Waals surface area contributed by atoms with Gasteiger partial charge in [-0.2, -0.15) is 0 Å². The molecule has 1 aromatic heterocycles. The number of fused-ring (bicyclic) bond motifs is 1. The molecule has 0 spiro atoms. The van der Waals surface area contributed by atoms with Crippen LogP contribution < -0.4 is 5.32 Å². The van der Waals surface area contributed by atoms with Crippen LogP contribution in [0, 0.1) is 0 Å². The molecule has 1 atom stereocenters. The van der Waals surface area contributed by atoms with Crippen LogP contribution in [0.3, 0.4) is 0 Å². The molecule has 1 unspecified atom stereocenters. The Morgan fingerprint density at radius 1 is 1.40 bits per heavy atom. The van der Waals surface area contributed by atoms with E-state index < -0.39 is 0 Å². The molecule has 0 amide bonds. The van der Waals surface area contributed by atoms with Crippen LogP contribution in [0.1, 0.15) is 40.0 Å². The second-order valence-corrected chi connectivity index (χ2v) is 7.07. The standard InChI is InChI=1S/C15H16Cl2N2S/c1-18-12-3-2-4-13-15(12)19-14(20-13)7-9-5-6-10(16)8-11(9)17/h5-6,8,12,18H,2-4,7H2,1H3. The number of hydrogen-bond donors (Lipinski definition) is 1. The van der Waals surface area contributed by atoms with Crippen LogP contribution in [0.5, 0.6) is 0 Å². The van der Waals surface area contributed by atoms with Crippen molar-refractivity contribution in [3.63, 3.8) is 0 Å². The lowest BCUT2D eigenvalue weighted by molar-refractivity contribution is 0.489. The third kappa shape index (κ3) is 2.86. The van der Waals surface area contributed by atoms with E-state index >= 15 is 0 Å². The Labute approximate surface area is 133 Å². The highest BCUT2D eigenvalue weighted by Gasteiger charge is 2.23. The summed E-state index contributed by atoms with van der Waals surface area (Å²) >= 11 is 14.0. The van der Waals surface area contributed by atoms with E-state index in [0.717, 1.165) is 28.4 Å². The van der Waals surface area contributed by atoms with Gasteiger partial charge in [-0.3, -0.25) is 0 Å². The zero-order valence-corrected chi connectivity index (χ0v) is 13.6. The maximum atomic E-state index is 6.24. The van der Waals surface area contributed by atoms with Gasteiger partial charge in [0.25, 0.3) is 0 Å². The molecule has 1 aromatic carbocycles. The molecule has 0 saturated carbocycles. The lowest BCUT2D eigenvalue weighted by Crippen LogP contribution is -2.21. The van der Waals surface area contributed by atoms with Crippen LogP contribution >= 0.6 is 34.5 Å². The number of thiazole rings is 1. The number of benzene rings is 1. The van der Waals surface area contributed by atoms with Crippen LogP contribution in [0.25, 0.3) is 0 Å². The quantitative estimate of drug-likeness (QED) is 0.888. The summed E-state index contributed by atoms with van der Waals surface area (Å²) < 4.78 is 0. The Morgan fingerprint density at radius 3 is 3.00 bits per heavy atom. The first kappa shape index (κ1) is 14.3. The van der Waals surface area contributed by atoms with Gasteiger partial charge >= 0.3 is 0 Å². The van der Waals surface area contributed by atoms with Gasteiger partial charge in [0.15, 0.2) is 0 Å². The van der Waals surface area contributed by atoms with E-state index in [4.69, 9.17) is 28.2 Å². The first-order valence-electron chi connectivity index (χ1n) is 6.77. The van der Waals surface area contributed by atoms with Crippen molar-refractivity contribution in [1.29, 1.82) is 0 Å². The highest BCUT2D eigenvalue weighted by Crippen LogP contribution is 2.34. The normalized spacial score (nSPS) is 18.1. The average Bonchev–Trinajstić information content (AvgIpc) is 2.84. The minimum atomic E-state index is 0.407. The Kier molecular flexibility index (Phi) is 4.32. The second kappa shape index (κ2) is 6.02. The molecule has 0 bridgehead atoms. The van der Waals surface area contributed by atoms with Crippen LogP contribution in [0.2, 0.25) is 10.0 Å². The van der Waals surface area contributed by atoms with Gasteiger partial charge in [-0.1, -0.05) is 29.3 Å². The highest BCUT2D eigenvalue weighted by atomic mass is 35.5. The zero-order valence-electron chi connectivity index (χ0n) is 11.2. The summed E-state index contributed by atoms with van der Waals surface area (Å²) in [4.78, 5) is 6.25. The molecule has 2 aromatic rings. The van der Waals surface area contributed by atoms with Gasteiger partial charge in [-0.15, -0.1) is 11.3 Å². The molecular formula is C15H16Cl2N2S. The van der Waals surface area contributed by atoms with E-state index in [0.29, 0.717) is 11.1 Å². The van der Waals surface area contributed by atoms with Crippen molar-refractivity contribution in [3.05, 3.63) is 49.4 Å². The summed E-state index contributed by atoms with van der Waals surface area (Å²) in [5.74, 6) is 0. The maximum absolute atomic E-state index is 6.24. The van der Waals surface area contributed by atoms with Gasteiger partial charge in [0.1, 0.15) is 0 Å². The molecule has 1 aliphatic carbocycles. The second-order valence-electron chi connectivity index (χ2n) is 5.06. The topological polar surface area (TPSA) is 24.9 Å². The summed E-state index contributed by atoms with van der Waals surface area (Å²) in [5, 5.41) is 5.89. The number of aromatic nitrogens is 1. The third-order valence-electron chi connectivity index (χ3n) is 3.70. The largest absolute Gasteiger partial charge is 0.312 e. The molecule has 0 aliphatic heterocycles. The molecule has 1 heterocycles. The van der Waals surface area contributed by atoms with Crippen molar-refractivity contribution < 1.29 is 0 Å². The summed E-state index contributed by atoms with van der Waals surface area (Å²) in [6, 6.07) is 6.07. The fourth-order valence-corrected chi connectivity index (χ4v) is 4.32. The number of rotatable bonds is 3. The number of hydrogen-bond acceptors (Lipinski definition) is 3. The van der Waals surface area contributed by atoms with Gasteiger partial charge in [-0.25, -0.2) is 4.98 Å². The van der Waals surface area contributed by atoms with Crippen molar-refractivity contribution in [3.8, 4) is 0 Å². The van der Waals surface area contributed by atoms with Crippen molar-refractivity contribution in [2.24, 2.45) is 0 Å². The first-order valence-corrected chi connectivity index (χ1v) is 8.34. The minimum Gasteiger partial charge on any atom is -0.312 e. The van der Waals surface area contributed by atoms with Crippen LogP contribution in [0.4, 0.5) is 0 Å². The molecule has 0 saturated heterocycles. The molecule has 3 rings (SSSR count). The summed E-state index contributed by atoms with van der Waals surface area (Å²) in [6.07, 6.45) is 4.35. The smallest absolute Gasteiger partial charge is 0.0976 e. The molecule has 2 nitrogen and oxygen atoms in total. The van der Waals surface area contributed by atoms with Gasteiger partial charge in [-0.05, 0) is 44.0 Å². The lowest BCUT2D eigenvalue weighted by Gasteiger charge is -2.19. The Balaban J connectivity index is 1.87. The van der Waals surface area contributed by atoms with Crippen molar-refractivity contribution in [1.82, 2.24) is 10.3 Å². The van der Waals surface area contributed by atoms with Gasteiger partial charge in [0.05, 0.1) is 16.7 Å². The van der Waals surface area contributed by atoms with Crippen molar-refractivity contribution >= 4 is 34.5 Å². The van der Waals surface area contributed by atoms with Gasteiger partial charge in [0, 0.05) is 21.3 Å². The molecule has 1 aliphatic rings. The average molecular weight is 327 g/mol. The van der Waals surface area contributed by atoms with Crippen LogP contribution in [-0.4, -0.2) is 12.0 Å². The Morgan fingerprint density at radius 2 is 2.25 bits per heavy atom. The number of nitrogens with zero attached hydrogens (tertiary/aromatic N) is 1. The van der Waals surface area contributed by atoms with Gasteiger partial charge in [0.2, 0.25) is 0 Å². The molecule has 0 radical (unpaired) electrons. The molecule has 0 fully saturated rings. The molecule has 1 N–H and O–H groups in total. The number of nitrogens with one attached hydrogen (secondary N) is 1. The van der Waals surface area contributed by atoms with Crippen molar-refractivity contribution in [2.45, 2.75) is 31.7 Å². The summed E-state index contributed by atoms with van der Waals surface area (Å²) in [5.41, 5.74) is 2.33. The van der Waals surface area contributed by atoms with E-state index in [1.54, 1.807) is 6.07 Å². The monoisotopic (exact) mass is 326 g/mol. The number of halogens is 2. The van der Waals surface area contributed by atoms with E-state index in [1.807, 2.05) is 30.5 Å². The fraction of sp³-hybridized carbons (Fsp3) is 0.400. The highest BCUT2D eigenvalue weighted by molar-refractivity contribution is 7.11. The molecule has 106 valence electrons.